The summed E-state index contributed by atoms with van der Waals surface area (Å²) in [6.07, 6.45) is 1.25. The standard InChI is InChI=1S/C24H24O2S2.C23H22O4.C2H6O2.C2H6.BHNS/c1-18-4-10-22(11-5-18)26-23-14-8-20(9-15-23)24(27-16-3-17-28-24)19-6-12-21(25-2)13-7-19;1-17-3-9-21(10-4-17)27-22-13-7-19(8-14-22)23(25-15-16-26-23)18-5-11-20(24-2)12-6-18;3-1-2-4;1-2;1-2-3/h4-15H,3,16-17H2,1-2H3;3-14H,15-16H2,1-2H3;3-4H,1-2H2;1-2H3;3H/i;;;1D;. The number of benzene rings is 6. The second-order valence-electron chi connectivity index (χ2n) is 13.9. The van der Waals surface area contributed by atoms with Gasteiger partial charge in [0, 0.05) is 12.5 Å². The van der Waals surface area contributed by atoms with Crippen LogP contribution in [0.4, 0.5) is 0 Å². The van der Waals surface area contributed by atoms with Gasteiger partial charge >= 0.3 is 24.8 Å². The Morgan fingerprint density at radius 3 is 1.16 bits per heavy atom. The number of aliphatic hydroxyl groups excluding tert-OH is 2. The molecule has 6 aromatic carbocycles. The van der Waals surface area contributed by atoms with Crippen molar-refractivity contribution in [3.63, 3.8) is 0 Å². The monoisotopic (exact) mass is 921 g/mol. The molecule has 2 N–H and O–H groups in total. The van der Waals surface area contributed by atoms with Crippen LogP contribution < -0.4 is 18.9 Å². The van der Waals surface area contributed by atoms with E-state index in [1.54, 1.807) is 21.1 Å². The number of ether oxygens (including phenoxy) is 6. The van der Waals surface area contributed by atoms with Gasteiger partial charge in [-0.25, -0.2) is 0 Å². The first-order valence-corrected chi connectivity index (χ1v) is 23.1. The molecule has 0 aliphatic carbocycles. The number of rotatable bonds is 11. The molecule has 337 valence electrons. The van der Waals surface area contributed by atoms with E-state index in [9.17, 15) is 0 Å². The van der Waals surface area contributed by atoms with Crippen LogP contribution in [0.5, 0.6) is 34.5 Å². The normalized spacial score (nSPS) is 14.4. The van der Waals surface area contributed by atoms with Gasteiger partial charge in [0.15, 0.2) is 0 Å². The molecule has 0 unspecified atom stereocenters. The number of methoxy groups -OCH3 is 2. The van der Waals surface area contributed by atoms with Crippen molar-refractivity contribution < 1.29 is 40.0 Å². The van der Waals surface area contributed by atoms with Crippen molar-refractivity contribution in [2.75, 3.05) is 52.2 Å². The molecular formula is C51H59BNO8S3. The Bertz CT molecular complexity index is 2220. The van der Waals surface area contributed by atoms with Gasteiger partial charge in [-0.05, 0) is 140 Å². The summed E-state index contributed by atoms with van der Waals surface area (Å²) in [5, 5.41) is 15.2. The number of aryl methyl sites for hydroxylation is 2. The van der Waals surface area contributed by atoms with Gasteiger partial charge in [-0.2, -0.15) is 0 Å². The van der Waals surface area contributed by atoms with E-state index in [0.717, 1.165) is 45.6 Å². The molecule has 6 aromatic rings. The Morgan fingerprint density at radius 2 is 0.859 bits per heavy atom. The fourth-order valence-corrected chi connectivity index (χ4v) is 9.91. The van der Waals surface area contributed by atoms with Gasteiger partial charge in [-0.15, -0.1) is 23.5 Å². The summed E-state index contributed by atoms with van der Waals surface area (Å²) < 4.78 is 43.5. The van der Waals surface area contributed by atoms with E-state index in [1.165, 1.54) is 40.2 Å². The van der Waals surface area contributed by atoms with Crippen LogP contribution in [0.3, 0.4) is 0 Å². The van der Waals surface area contributed by atoms with Crippen LogP contribution >= 0.6 is 36.3 Å². The third kappa shape index (κ3) is 14.6. The van der Waals surface area contributed by atoms with Crippen LogP contribution in [-0.2, 0) is 19.3 Å². The van der Waals surface area contributed by atoms with Crippen LogP contribution in [0.15, 0.2) is 150 Å². The quantitative estimate of drug-likeness (QED) is 0.0859. The van der Waals surface area contributed by atoms with Crippen molar-refractivity contribution in [3.05, 3.63) is 179 Å². The van der Waals surface area contributed by atoms with Crippen molar-refractivity contribution in [1.29, 1.82) is 0 Å². The number of hydrogen-bond acceptors (Lipinski definition) is 12. The Labute approximate surface area is 395 Å². The predicted molar refractivity (Wildman–Crippen MR) is 267 cm³/mol. The molecule has 2 heterocycles. The summed E-state index contributed by atoms with van der Waals surface area (Å²) in [7, 11) is 7.70. The molecule has 0 aromatic heterocycles. The first-order valence-electron chi connectivity index (χ1n) is 21.4. The van der Waals surface area contributed by atoms with Gasteiger partial charge in [-0.1, -0.05) is 73.5 Å². The second kappa shape index (κ2) is 27.6. The van der Waals surface area contributed by atoms with Crippen molar-refractivity contribution in [1.82, 2.24) is 0 Å². The summed E-state index contributed by atoms with van der Waals surface area (Å²) >= 11 is 7.24. The molecule has 64 heavy (non-hydrogen) atoms. The predicted octanol–water partition coefficient (Wildman–Crippen LogP) is 12.1. The molecule has 2 fully saturated rings. The molecule has 13 heteroatoms. The topological polar surface area (TPSA) is 108 Å². The van der Waals surface area contributed by atoms with E-state index in [2.05, 4.69) is 99.3 Å². The summed E-state index contributed by atoms with van der Waals surface area (Å²) in [4.78, 5) is 0. The summed E-state index contributed by atoms with van der Waals surface area (Å²) in [5.74, 6) is 6.45. The third-order valence-electron chi connectivity index (χ3n) is 9.62. The van der Waals surface area contributed by atoms with E-state index < -0.39 is 5.79 Å². The van der Waals surface area contributed by atoms with E-state index in [1.807, 2.05) is 108 Å². The molecule has 1 radical (unpaired) electrons. The van der Waals surface area contributed by atoms with E-state index >= 15 is 0 Å². The molecule has 2 aliphatic rings. The Kier molecular flexibility index (Phi) is 21.7. The molecular weight excluding hydrogens is 862 g/mol. The number of hydrogen-bond donors (Lipinski definition) is 3. The Morgan fingerprint density at radius 1 is 0.578 bits per heavy atom. The Balaban J connectivity index is 0.000000237. The first-order chi connectivity index (χ1) is 31.6. The van der Waals surface area contributed by atoms with E-state index in [0.29, 0.717) is 20.1 Å². The van der Waals surface area contributed by atoms with E-state index in [-0.39, 0.29) is 17.3 Å². The molecule has 0 saturated carbocycles. The molecule has 2 saturated heterocycles. The average molecular weight is 922 g/mol. The minimum absolute atomic E-state index is 0.0765. The van der Waals surface area contributed by atoms with Gasteiger partial charge in [0.05, 0.1) is 40.6 Å². The van der Waals surface area contributed by atoms with Crippen molar-refractivity contribution in [2.24, 2.45) is 4.30 Å². The van der Waals surface area contributed by atoms with Crippen LogP contribution in [0.25, 0.3) is 0 Å². The van der Waals surface area contributed by atoms with Gasteiger partial charge in [-0.3, -0.25) is 0 Å². The molecule has 0 atom stereocenters. The van der Waals surface area contributed by atoms with Crippen LogP contribution in [0, 0.1) is 13.8 Å². The average Bonchev–Trinajstić information content (AvgIpc) is 3.86. The summed E-state index contributed by atoms with van der Waals surface area (Å²) in [6.45, 7) is 7.27. The minimum atomic E-state index is -0.894. The number of nitrogens with zero attached hydrogens (tertiary/aromatic N) is 1. The first kappa shape index (κ1) is 50.3. The van der Waals surface area contributed by atoms with Crippen molar-refractivity contribution in [2.45, 2.75) is 44.0 Å². The van der Waals surface area contributed by atoms with Crippen molar-refractivity contribution in [3.8, 4) is 34.5 Å². The third-order valence-corrected chi connectivity index (χ3v) is 13.1. The maximum atomic E-state index is 7.62. The SMILES string of the molecule is COc1ccc(C2(c3ccc(Oc4ccc(C)cc4)cc3)OCCO2)cc1.COc1ccc(C2(c3ccc(Oc4ccc(C)cc4)cc3)SCCCS2)cc1.OCCO.[2H]CC.[B]=NS. The van der Waals surface area contributed by atoms with Gasteiger partial charge < -0.3 is 38.6 Å². The van der Waals surface area contributed by atoms with E-state index in [4.69, 9.17) is 40.0 Å². The van der Waals surface area contributed by atoms with Gasteiger partial charge in [0.1, 0.15) is 38.6 Å². The van der Waals surface area contributed by atoms with Gasteiger partial charge in [0.2, 0.25) is 5.79 Å². The maximum absolute atomic E-state index is 7.62. The zero-order valence-electron chi connectivity index (χ0n) is 38.1. The summed E-state index contributed by atoms with van der Waals surface area (Å²) in [5.41, 5.74) is 6.93. The van der Waals surface area contributed by atoms with Crippen LogP contribution in [0.2, 0.25) is 0 Å². The molecule has 8 rings (SSSR count). The fourth-order valence-electron chi connectivity index (χ4n) is 6.54. The second-order valence-corrected chi connectivity index (χ2v) is 17.0. The summed E-state index contributed by atoms with van der Waals surface area (Å²) in [6, 6.07) is 48.8. The molecule has 0 spiro atoms. The zero-order chi connectivity index (χ0) is 46.9. The fraction of sp³-hybridized carbons (Fsp3) is 0.294. The number of thioether (sulfide) groups is 2. The molecule has 0 amide bonds. The van der Waals surface area contributed by atoms with Crippen LogP contribution in [-0.4, -0.2) is 70.0 Å². The number of aliphatic hydroxyl groups is 2. The van der Waals surface area contributed by atoms with Gasteiger partial charge in [0.25, 0.3) is 0 Å². The molecule has 9 nitrogen and oxygen atoms in total. The number of thiol groups is 1. The molecule has 0 bridgehead atoms. The molecule has 2 aliphatic heterocycles. The zero-order valence-corrected chi connectivity index (χ0v) is 39.7. The van der Waals surface area contributed by atoms with Crippen molar-refractivity contribution >= 4 is 44.0 Å². The Hall–Kier alpha value is -4.73. The van der Waals surface area contributed by atoms with Crippen LogP contribution in [0.1, 0.15) is 55.0 Å².